The summed E-state index contributed by atoms with van der Waals surface area (Å²) in [5, 5.41) is 10.2. The standard InChI is InChI=1S/C7H10O2/c8-7(9)6-4-2-1-3-5-6/h2,4,6H,1,3,5H2,(H,8,9)/p-1. The van der Waals surface area contributed by atoms with Crippen molar-refractivity contribution in [1.82, 2.24) is 0 Å². The molecule has 9 heavy (non-hydrogen) atoms. The Kier molecular flexibility index (Phi) is 1.88. The van der Waals surface area contributed by atoms with E-state index in [1.54, 1.807) is 6.08 Å². The van der Waals surface area contributed by atoms with Crippen LogP contribution < -0.4 is 5.11 Å². The summed E-state index contributed by atoms with van der Waals surface area (Å²) in [6, 6.07) is 0. The molecule has 0 N–H and O–H groups in total. The first-order valence-electron chi connectivity index (χ1n) is 3.18. The number of hydrogen-bond donors (Lipinski definition) is 0. The normalized spacial score (nSPS) is 26.0. The average molecular weight is 125 g/mol. The van der Waals surface area contributed by atoms with E-state index in [0.29, 0.717) is 0 Å². The Morgan fingerprint density at radius 3 is 2.78 bits per heavy atom. The monoisotopic (exact) mass is 125 g/mol. The molecule has 1 atom stereocenters. The summed E-state index contributed by atoms with van der Waals surface area (Å²) >= 11 is 0. The number of hydrogen-bond acceptors (Lipinski definition) is 2. The van der Waals surface area contributed by atoms with Gasteiger partial charge in [0.15, 0.2) is 0 Å². The van der Waals surface area contributed by atoms with Crippen LogP contribution in [0.2, 0.25) is 0 Å². The Labute approximate surface area is 54.2 Å². The number of carboxylic acids is 1. The third kappa shape index (κ3) is 1.56. The highest BCUT2D eigenvalue weighted by Crippen LogP contribution is 2.15. The number of carbonyl (C=O) groups excluding carboxylic acids is 1. The van der Waals surface area contributed by atoms with E-state index in [0.717, 1.165) is 19.3 Å². The van der Waals surface area contributed by atoms with E-state index in [1.807, 2.05) is 6.08 Å². The molecule has 0 aromatic carbocycles. The fourth-order valence-electron chi connectivity index (χ4n) is 1.01. The topological polar surface area (TPSA) is 40.1 Å². The molecule has 1 aliphatic rings. The molecule has 0 bridgehead atoms. The summed E-state index contributed by atoms with van der Waals surface area (Å²) < 4.78 is 0. The summed E-state index contributed by atoms with van der Waals surface area (Å²) in [5.74, 6) is -1.26. The Morgan fingerprint density at radius 2 is 2.44 bits per heavy atom. The van der Waals surface area contributed by atoms with Crippen molar-refractivity contribution in [2.24, 2.45) is 5.92 Å². The molecule has 0 aromatic heterocycles. The zero-order chi connectivity index (χ0) is 6.69. The lowest BCUT2D eigenvalue weighted by atomic mass is 9.96. The number of allylic oxidation sites excluding steroid dienone is 1. The van der Waals surface area contributed by atoms with Crippen molar-refractivity contribution in [3.63, 3.8) is 0 Å². The quantitative estimate of drug-likeness (QED) is 0.466. The molecule has 2 nitrogen and oxygen atoms in total. The van der Waals surface area contributed by atoms with E-state index < -0.39 is 5.97 Å². The third-order valence-corrected chi connectivity index (χ3v) is 1.56. The van der Waals surface area contributed by atoms with Gasteiger partial charge in [-0.3, -0.25) is 0 Å². The molecule has 2 heteroatoms. The molecule has 0 fully saturated rings. The van der Waals surface area contributed by atoms with Crippen LogP contribution in [0.1, 0.15) is 19.3 Å². The SMILES string of the molecule is O=C([O-])C1C=CCCC1. The van der Waals surface area contributed by atoms with Crippen molar-refractivity contribution < 1.29 is 9.90 Å². The minimum Gasteiger partial charge on any atom is -0.550 e. The number of rotatable bonds is 1. The number of aliphatic carboxylic acids is 1. The summed E-state index contributed by atoms with van der Waals surface area (Å²) in [7, 11) is 0. The fourth-order valence-corrected chi connectivity index (χ4v) is 1.01. The van der Waals surface area contributed by atoms with Crippen LogP contribution in [0.4, 0.5) is 0 Å². The predicted octanol–water partition coefficient (Wildman–Crippen LogP) is 0.0926. The van der Waals surface area contributed by atoms with Gasteiger partial charge in [-0.1, -0.05) is 12.2 Å². The van der Waals surface area contributed by atoms with Crippen LogP contribution in [0, 0.1) is 5.92 Å². The molecule has 1 rings (SSSR count). The molecule has 0 aliphatic heterocycles. The van der Waals surface area contributed by atoms with E-state index >= 15 is 0 Å². The first kappa shape index (κ1) is 6.33. The predicted molar refractivity (Wildman–Crippen MR) is 31.5 cm³/mol. The second kappa shape index (κ2) is 2.67. The highest BCUT2D eigenvalue weighted by atomic mass is 16.4. The molecule has 0 aromatic rings. The first-order chi connectivity index (χ1) is 4.30. The van der Waals surface area contributed by atoms with Crippen LogP contribution in [0.3, 0.4) is 0 Å². The minimum absolute atomic E-state index is 0.321. The average Bonchev–Trinajstić information content (AvgIpc) is 1.90. The molecule has 50 valence electrons. The van der Waals surface area contributed by atoms with Crippen LogP contribution in [-0.4, -0.2) is 5.97 Å². The van der Waals surface area contributed by atoms with Gasteiger partial charge in [0.1, 0.15) is 0 Å². The zero-order valence-electron chi connectivity index (χ0n) is 5.17. The largest absolute Gasteiger partial charge is 0.550 e. The van der Waals surface area contributed by atoms with Crippen LogP contribution in [0.15, 0.2) is 12.2 Å². The maximum atomic E-state index is 10.2. The lowest BCUT2D eigenvalue weighted by molar-refractivity contribution is -0.310. The lowest BCUT2D eigenvalue weighted by Gasteiger charge is -2.16. The van der Waals surface area contributed by atoms with Gasteiger partial charge in [-0.05, 0) is 19.3 Å². The van der Waals surface area contributed by atoms with Gasteiger partial charge >= 0.3 is 0 Å². The van der Waals surface area contributed by atoms with Crippen molar-refractivity contribution >= 4 is 5.97 Å². The maximum Gasteiger partial charge on any atom is 0.0483 e. The molecular formula is C7H9O2-. The van der Waals surface area contributed by atoms with E-state index in [-0.39, 0.29) is 5.92 Å². The molecule has 0 radical (unpaired) electrons. The van der Waals surface area contributed by atoms with Gasteiger partial charge in [-0.25, -0.2) is 0 Å². The van der Waals surface area contributed by atoms with Crippen LogP contribution >= 0.6 is 0 Å². The zero-order valence-corrected chi connectivity index (χ0v) is 5.17. The molecule has 0 amide bonds. The summed E-state index contributed by atoms with van der Waals surface area (Å²) in [4.78, 5) is 10.2. The van der Waals surface area contributed by atoms with Crippen molar-refractivity contribution in [2.45, 2.75) is 19.3 Å². The van der Waals surface area contributed by atoms with Crippen LogP contribution in [-0.2, 0) is 4.79 Å². The summed E-state index contributed by atoms with van der Waals surface area (Å²) in [5.41, 5.74) is 0. The van der Waals surface area contributed by atoms with Crippen molar-refractivity contribution in [3.05, 3.63) is 12.2 Å². The second-order valence-corrected chi connectivity index (χ2v) is 2.28. The maximum absolute atomic E-state index is 10.2. The Balaban J connectivity index is 2.50. The summed E-state index contributed by atoms with van der Waals surface area (Å²) in [6.07, 6.45) is 6.38. The lowest BCUT2D eigenvalue weighted by Crippen LogP contribution is -2.30. The Morgan fingerprint density at radius 1 is 1.67 bits per heavy atom. The third-order valence-electron chi connectivity index (χ3n) is 1.56. The smallest absolute Gasteiger partial charge is 0.0483 e. The molecule has 1 aliphatic carbocycles. The molecule has 0 saturated carbocycles. The summed E-state index contributed by atoms with van der Waals surface area (Å²) in [6.45, 7) is 0. The van der Waals surface area contributed by atoms with E-state index in [2.05, 4.69) is 0 Å². The molecule has 0 spiro atoms. The van der Waals surface area contributed by atoms with Gasteiger partial charge < -0.3 is 9.90 Å². The van der Waals surface area contributed by atoms with Crippen molar-refractivity contribution in [3.8, 4) is 0 Å². The van der Waals surface area contributed by atoms with Gasteiger partial charge in [-0.15, -0.1) is 0 Å². The van der Waals surface area contributed by atoms with Crippen LogP contribution in [0.5, 0.6) is 0 Å². The van der Waals surface area contributed by atoms with E-state index in [4.69, 9.17) is 0 Å². The Bertz CT molecular complexity index is 138. The Hall–Kier alpha value is -0.790. The number of carbonyl (C=O) groups is 1. The second-order valence-electron chi connectivity index (χ2n) is 2.28. The van der Waals surface area contributed by atoms with Crippen LogP contribution in [0.25, 0.3) is 0 Å². The van der Waals surface area contributed by atoms with Gasteiger partial charge in [0.25, 0.3) is 0 Å². The molecule has 0 saturated heterocycles. The first-order valence-corrected chi connectivity index (χ1v) is 3.18. The molecular weight excluding hydrogens is 116 g/mol. The number of carboxylic acid groups (broad SMARTS) is 1. The van der Waals surface area contributed by atoms with E-state index in [1.165, 1.54) is 0 Å². The fraction of sp³-hybridized carbons (Fsp3) is 0.571. The van der Waals surface area contributed by atoms with Crippen molar-refractivity contribution in [1.29, 1.82) is 0 Å². The minimum atomic E-state index is -0.939. The molecule has 1 unspecified atom stereocenters. The van der Waals surface area contributed by atoms with E-state index in [9.17, 15) is 9.90 Å². The van der Waals surface area contributed by atoms with Gasteiger partial charge in [0, 0.05) is 11.9 Å². The molecule has 0 heterocycles. The van der Waals surface area contributed by atoms with Gasteiger partial charge in [-0.2, -0.15) is 0 Å². The van der Waals surface area contributed by atoms with Gasteiger partial charge in [0.2, 0.25) is 0 Å². The van der Waals surface area contributed by atoms with Gasteiger partial charge in [0.05, 0.1) is 0 Å². The highest BCUT2D eigenvalue weighted by molar-refractivity contribution is 5.69. The highest BCUT2D eigenvalue weighted by Gasteiger charge is 2.07. The van der Waals surface area contributed by atoms with Crippen molar-refractivity contribution in [2.75, 3.05) is 0 Å².